The number of nitrogens with one attached hydrogen (secondary N) is 1. The van der Waals surface area contributed by atoms with E-state index < -0.39 is 11.4 Å². The molecule has 2 amide bonds. The van der Waals surface area contributed by atoms with E-state index in [9.17, 15) is 9.59 Å². The van der Waals surface area contributed by atoms with Gasteiger partial charge in [-0.05, 0) is 24.1 Å². The number of ether oxygens (including phenoxy) is 1. The van der Waals surface area contributed by atoms with Gasteiger partial charge in [0, 0.05) is 6.54 Å². The number of carbonyl (C=O) groups is 2. The summed E-state index contributed by atoms with van der Waals surface area (Å²) in [4.78, 5) is 24.8. The third-order valence-electron chi connectivity index (χ3n) is 3.51. The first-order valence-corrected chi connectivity index (χ1v) is 6.17. The van der Waals surface area contributed by atoms with Crippen LogP contribution in [0.4, 0.5) is 0 Å². The Kier molecular flexibility index (Phi) is 3.91. The van der Waals surface area contributed by atoms with Crippen molar-refractivity contribution >= 4 is 11.8 Å². The summed E-state index contributed by atoms with van der Waals surface area (Å²) < 4.78 is 5.06. The molecule has 0 bridgehead atoms. The quantitative estimate of drug-likeness (QED) is 0.513. The van der Waals surface area contributed by atoms with Gasteiger partial charge in [-0.1, -0.05) is 12.1 Å². The molecule has 0 radical (unpaired) electrons. The van der Waals surface area contributed by atoms with E-state index >= 15 is 0 Å². The smallest absolute Gasteiger partial charge is 0.262 e. The van der Waals surface area contributed by atoms with E-state index in [1.165, 1.54) is 10.4 Å². The highest BCUT2D eigenvalue weighted by molar-refractivity contribution is 5.92. The molecule has 7 nitrogen and oxygen atoms in total. The Morgan fingerprint density at radius 1 is 1.50 bits per heavy atom. The number of amides is 2. The molecule has 0 aromatic heterocycles. The maximum Gasteiger partial charge on any atom is 0.262 e. The number of nitrogens with zero attached hydrogens (tertiary/aromatic N) is 1. The zero-order chi connectivity index (χ0) is 14.8. The third kappa shape index (κ3) is 2.45. The number of likely N-dealkylation sites (tertiary alicyclic amines) is 1. The average Bonchev–Trinajstić information content (AvgIpc) is 2.76. The molecular formula is C13H17N3O4. The molecule has 1 aromatic rings. The van der Waals surface area contributed by atoms with Crippen molar-refractivity contribution in [2.24, 2.45) is 5.73 Å². The maximum atomic E-state index is 12.3. The molecule has 7 heteroatoms. The summed E-state index contributed by atoms with van der Waals surface area (Å²) in [7, 11) is 1.56. The molecular weight excluding hydrogens is 262 g/mol. The molecule has 1 atom stereocenters. The summed E-state index contributed by atoms with van der Waals surface area (Å²) in [5.74, 6) is -0.289. The Morgan fingerprint density at radius 2 is 2.15 bits per heavy atom. The van der Waals surface area contributed by atoms with Gasteiger partial charge in [0.15, 0.2) is 0 Å². The van der Waals surface area contributed by atoms with Crippen LogP contribution in [0.1, 0.15) is 12.0 Å². The first-order valence-electron chi connectivity index (χ1n) is 6.17. The number of methoxy groups -OCH3 is 1. The average molecular weight is 279 g/mol. The second-order valence-electron chi connectivity index (χ2n) is 4.71. The lowest BCUT2D eigenvalue weighted by Gasteiger charge is -2.23. The van der Waals surface area contributed by atoms with E-state index in [2.05, 4.69) is 0 Å². The van der Waals surface area contributed by atoms with E-state index in [0.717, 1.165) is 0 Å². The lowest BCUT2D eigenvalue weighted by molar-refractivity contribution is -0.139. The molecule has 2 rings (SSSR count). The van der Waals surface area contributed by atoms with Gasteiger partial charge >= 0.3 is 0 Å². The van der Waals surface area contributed by atoms with E-state index in [1.54, 1.807) is 31.4 Å². The fourth-order valence-corrected chi connectivity index (χ4v) is 2.32. The van der Waals surface area contributed by atoms with Crippen LogP contribution in [0, 0.1) is 0 Å². The van der Waals surface area contributed by atoms with Gasteiger partial charge in [-0.25, -0.2) is 5.48 Å². The van der Waals surface area contributed by atoms with Crippen molar-refractivity contribution in [3.05, 3.63) is 29.8 Å². The van der Waals surface area contributed by atoms with Gasteiger partial charge in [0.2, 0.25) is 5.91 Å². The maximum absolute atomic E-state index is 12.3. The molecule has 1 heterocycles. The molecule has 1 aliphatic heterocycles. The lowest BCUT2D eigenvalue weighted by atomic mass is 9.89. The molecule has 4 N–H and O–H groups in total. The summed E-state index contributed by atoms with van der Waals surface area (Å²) in [6.07, 6.45) is 0.414. The number of hydrogen-bond donors (Lipinski definition) is 3. The van der Waals surface area contributed by atoms with Gasteiger partial charge in [-0.2, -0.15) is 0 Å². The first kappa shape index (κ1) is 14.3. The minimum Gasteiger partial charge on any atom is -0.497 e. The van der Waals surface area contributed by atoms with Crippen molar-refractivity contribution in [1.82, 2.24) is 10.4 Å². The molecule has 1 saturated heterocycles. The van der Waals surface area contributed by atoms with Crippen molar-refractivity contribution < 1.29 is 19.5 Å². The SMILES string of the molecule is COc1ccc(C2(N)CCN(CC(=O)NO)C2=O)cc1. The van der Waals surface area contributed by atoms with Crippen LogP contribution in [0.25, 0.3) is 0 Å². The van der Waals surface area contributed by atoms with Crippen LogP contribution in [0.2, 0.25) is 0 Å². The van der Waals surface area contributed by atoms with Crippen molar-refractivity contribution in [1.29, 1.82) is 0 Å². The van der Waals surface area contributed by atoms with Crippen LogP contribution < -0.4 is 16.0 Å². The highest BCUT2D eigenvalue weighted by atomic mass is 16.5. The van der Waals surface area contributed by atoms with E-state index in [0.29, 0.717) is 24.3 Å². The number of hydroxylamine groups is 1. The van der Waals surface area contributed by atoms with Crippen molar-refractivity contribution in [3.8, 4) is 5.75 Å². The second-order valence-corrected chi connectivity index (χ2v) is 4.71. The zero-order valence-electron chi connectivity index (χ0n) is 11.1. The number of benzene rings is 1. The lowest BCUT2D eigenvalue weighted by Crippen LogP contribution is -2.47. The molecule has 1 fully saturated rings. The van der Waals surface area contributed by atoms with Crippen LogP contribution in [0.5, 0.6) is 5.75 Å². The number of carbonyl (C=O) groups excluding carboxylic acids is 2. The van der Waals surface area contributed by atoms with Crippen LogP contribution in [0.3, 0.4) is 0 Å². The second kappa shape index (κ2) is 5.48. The summed E-state index contributed by atoms with van der Waals surface area (Å²) in [6.45, 7) is 0.166. The van der Waals surface area contributed by atoms with Gasteiger partial charge in [0.25, 0.3) is 5.91 Å². The first-order chi connectivity index (χ1) is 9.51. The fourth-order valence-electron chi connectivity index (χ4n) is 2.32. The molecule has 0 saturated carbocycles. The van der Waals surface area contributed by atoms with Gasteiger partial charge in [0.05, 0.1) is 7.11 Å². The summed E-state index contributed by atoms with van der Waals surface area (Å²) in [5, 5.41) is 8.50. The normalized spacial score (nSPS) is 21.9. The minimum absolute atomic E-state index is 0.204. The van der Waals surface area contributed by atoms with E-state index in [-0.39, 0.29) is 12.5 Å². The highest BCUT2D eigenvalue weighted by Crippen LogP contribution is 2.31. The topological polar surface area (TPSA) is 105 Å². The van der Waals surface area contributed by atoms with Gasteiger partial charge < -0.3 is 15.4 Å². The fraction of sp³-hybridized carbons (Fsp3) is 0.385. The van der Waals surface area contributed by atoms with E-state index in [1.807, 2.05) is 0 Å². The Bertz CT molecular complexity index is 517. The molecule has 0 spiro atoms. The molecule has 20 heavy (non-hydrogen) atoms. The number of rotatable bonds is 4. The third-order valence-corrected chi connectivity index (χ3v) is 3.51. The number of hydrogen-bond acceptors (Lipinski definition) is 5. The largest absolute Gasteiger partial charge is 0.497 e. The van der Waals surface area contributed by atoms with E-state index in [4.69, 9.17) is 15.7 Å². The summed E-state index contributed by atoms with van der Waals surface area (Å²) >= 11 is 0. The van der Waals surface area contributed by atoms with Crippen LogP contribution in [-0.4, -0.2) is 42.1 Å². The van der Waals surface area contributed by atoms with Crippen LogP contribution in [-0.2, 0) is 15.1 Å². The predicted molar refractivity (Wildman–Crippen MR) is 70.0 cm³/mol. The Labute approximate surface area is 116 Å². The van der Waals surface area contributed by atoms with Crippen LogP contribution in [0.15, 0.2) is 24.3 Å². The predicted octanol–water partition coefficient (Wildman–Crippen LogP) is -0.413. The van der Waals surface area contributed by atoms with Crippen molar-refractivity contribution in [3.63, 3.8) is 0 Å². The van der Waals surface area contributed by atoms with Crippen LogP contribution >= 0.6 is 0 Å². The van der Waals surface area contributed by atoms with Crippen molar-refractivity contribution in [2.45, 2.75) is 12.0 Å². The Balaban J connectivity index is 2.18. The Morgan fingerprint density at radius 3 is 2.70 bits per heavy atom. The monoisotopic (exact) mass is 279 g/mol. The molecule has 1 aliphatic rings. The summed E-state index contributed by atoms with van der Waals surface area (Å²) in [6, 6.07) is 6.96. The number of nitrogens with two attached hydrogens (primary N) is 1. The standard InChI is InChI=1S/C13H17N3O4/c1-20-10-4-2-9(3-5-10)13(14)6-7-16(12(13)18)8-11(17)15-19/h2-5,19H,6-8,14H2,1H3,(H,15,17). The minimum atomic E-state index is -1.14. The van der Waals surface area contributed by atoms with Gasteiger partial charge in [0.1, 0.15) is 17.8 Å². The van der Waals surface area contributed by atoms with Gasteiger partial charge in [-0.15, -0.1) is 0 Å². The molecule has 0 aliphatic carbocycles. The molecule has 108 valence electrons. The molecule has 1 aromatic carbocycles. The van der Waals surface area contributed by atoms with Crippen molar-refractivity contribution in [2.75, 3.05) is 20.2 Å². The zero-order valence-corrected chi connectivity index (χ0v) is 11.1. The molecule has 1 unspecified atom stereocenters. The summed E-state index contributed by atoms with van der Waals surface area (Å²) in [5.41, 5.74) is 7.24. The Hall–Kier alpha value is -2.12. The van der Waals surface area contributed by atoms with Gasteiger partial charge in [-0.3, -0.25) is 14.8 Å². The highest BCUT2D eigenvalue weighted by Gasteiger charge is 2.45.